The van der Waals surface area contributed by atoms with Gasteiger partial charge in [-0.3, -0.25) is 33.9 Å². The van der Waals surface area contributed by atoms with Crippen molar-refractivity contribution in [2.24, 2.45) is 54.1 Å². The molecular weight excluding hydrogens is 1540 g/mol. The van der Waals surface area contributed by atoms with Gasteiger partial charge in [0.1, 0.15) is 23.1 Å². The van der Waals surface area contributed by atoms with Crippen LogP contribution in [0.3, 0.4) is 0 Å². The van der Waals surface area contributed by atoms with Crippen molar-refractivity contribution in [3.8, 4) is 0 Å². The highest BCUT2D eigenvalue weighted by Crippen LogP contribution is 2.27. The zero-order chi connectivity index (χ0) is 92.6. The number of carbonyl (C=O) groups is 4. The van der Waals surface area contributed by atoms with E-state index in [4.69, 9.17) is 56.8 Å². The summed E-state index contributed by atoms with van der Waals surface area (Å²) in [7, 11) is 0. The number of hydrogen-bond donors (Lipinski definition) is 0. The lowest BCUT2D eigenvalue weighted by molar-refractivity contribution is -0.128. The smallest absolute Gasteiger partial charge is 0.140 e. The van der Waals surface area contributed by atoms with Gasteiger partial charge in [-0.15, -0.1) is 0 Å². The van der Waals surface area contributed by atoms with Crippen molar-refractivity contribution >= 4 is 23.1 Å². The van der Waals surface area contributed by atoms with Crippen molar-refractivity contribution < 1.29 is 76.0 Å². The van der Waals surface area contributed by atoms with E-state index in [0.717, 1.165) is 104 Å². The second-order valence-electron chi connectivity index (χ2n) is 44.6. The van der Waals surface area contributed by atoms with E-state index in [1.54, 1.807) is 0 Å². The molecule has 0 atom stereocenters. The van der Waals surface area contributed by atoms with Gasteiger partial charge in [0.05, 0.1) is 139 Å². The van der Waals surface area contributed by atoms with Crippen molar-refractivity contribution in [3.63, 3.8) is 0 Å². The first kappa shape index (κ1) is 118. The molecule has 0 bridgehead atoms. The maximum atomic E-state index is 11.8. The second-order valence-corrected chi connectivity index (χ2v) is 44.6. The minimum absolute atomic E-state index is 0.224. The lowest BCUT2D eigenvalue weighted by atomic mass is 9.88. The predicted octanol–water partition coefficient (Wildman–Crippen LogP) is 19.7. The number of nitrogens with zero attached hydrogens (tertiary/aromatic N) is 4. The van der Waals surface area contributed by atoms with E-state index in [0.29, 0.717) is 190 Å². The Morgan fingerprint density at radius 2 is 0.393 bits per heavy atom. The summed E-state index contributed by atoms with van der Waals surface area (Å²) in [6, 6.07) is 18.5. The van der Waals surface area contributed by atoms with Crippen LogP contribution >= 0.6 is 0 Å². The average molecular weight is 1730 g/mol. The third kappa shape index (κ3) is 75.5. The van der Waals surface area contributed by atoms with E-state index in [2.05, 4.69) is 193 Å². The second kappa shape index (κ2) is 63.5. The normalized spacial score (nSPS) is 14.7. The molecule has 122 heavy (non-hydrogen) atoms. The van der Waals surface area contributed by atoms with Crippen LogP contribution < -0.4 is 0 Å². The number of carbonyl (C=O) groups excluding carboxylic acids is 4. The number of Topliss-reactive ketones (excluding diaryl/α,β-unsaturated/α-hetero) is 4. The molecule has 0 spiro atoms. The lowest BCUT2D eigenvalue weighted by Gasteiger charge is -2.36. The van der Waals surface area contributed by atoms with Crippen molar-refractivity contribution in [1.29, 1.82) is 0 Å². The van der Waals surface area contributed by atoms with E-state index in [9.17, 15) is 19.2 Å². The molecule has 2 aromatic carbocycles. The number of ether oxygens (including phenoxy) is 12. The number of ketones is 4. The fourth-order valence-electron chi connectivity index (χ4n) is 11.8. The van der Waals surface area contributed by atoms with Gasteiger partial charge in [0.25, 0.3) is 0 Å². The Balaban J connectivity index is 0.00000153. The average Bonchev–Trinajstić information content (AvgIpc) is 0.867. The van der Waals surface area contributed by atoms with Gasteiger partial charge in [-0.25, -0.2) is 0 Å². The zero-order valence-electron chi connectivity index (χ0n) is 84.5. The Kier molecular flexibility index (Phi) is 61.6. The minimum Gasteiger partial charge on any atom is -0.379 e. The van der Waals surface area contributed by atoms with Crippen LogP contribution in [0.25, 0.3) is 0 Å². The Morgan fingerprint density at radius 1 is 0.213 bits per heavy atom. The largest absolute Gasteiger partial charge is 0.379 e. The van der Waals surface area contributed by atoms with Crippen LogP contribution in [0.5, 0.6) is 0 Å². The number of rotatable bonds is 53. The molecule has 0 radical (unpaired) electrons. The van der Waals surface area contributed by atoms with Crippen molar-refractivity contribution in [2.75, 3.05) is 224 Å². The van der Waals surface area contributed by atoms with Gasteiger partial charge in [-0.1, -0.05) is 256 Å². The summed E-state index contributed by atoms with van der Waals surface area (Å²) in [6.45, 7) is 91.4. The topological polar surface area (TPSA) is 192 Å². The van der Waals surface area contributed by atoms with Crippen LogP contribution in [0.1, 0.15) is 281 Å². The van der Waals surface area contributed by atoms with Crippen molar-refractivity contribution in [1.82, 2.24) is 19.6 Å². The summed E-state index contributed by atoms with van der Waals surface area (Å²) in [5, 5.41) is 0. The summed E-state index contributed by atoms with van der Waals surface area (Å²) in [6.07, 6.45) is 8.61. The number of piperazine rings is 2. The molecule has 0 unspecified atom stereocenters. The molecule has 0 aliphatic carbocycles. The van der Waals surface area contributed by atoms with Crippen molar-refractivity contribution in [3.05, 3.63) is 70.8 Å². The van der Waals surface area contributed by atoms with Gasteiger partial charge in [-0.2, -0.15) is 0 Å². The third-order valence-corrected chi connectivity index (χ3v) is 20.2. The van der Waals surface area contributed by atoms with E-state index < -0.39 is 0 Å². The summed E-state index contributed by atoms with van der Waals surface area (Å²) in [5.74, 6) is 0.933. The van der Waals surface area contributed by atoms with Gasteiger partial charge < -0.3 is 61.7 Å². The monoisotopic (exact) mass is 1730 g/mol. The standard InChI is InChI=1S/C29H50N2O4.C22H38N2.C19H38O5.C17H34O4.C15H30O3/c1-28(2,3)23-25-7-9-26(10-8-25)24-31-14-12-30(13-15-31)16-18-34-20-22-35-21-19-33-17-11-27(32)29(4,5)6;1-21(2,3)11-12-23-13-15-24(16-14-23)18-20-9-7-19(8-10-20)17-22(4,5)6;1-18(2,3)8-10-22-12-14-24-16-15-23-13-11-21-9-7-17(20)19(4,5)6;1-16(2,3)8-10-20-12-14-21-13-11-19-9-7-15(18)17(4,5)6;1-14(2,3)8-10-18-12-11-17-9-7-13(16)15(4,5)6/h7-10H,11-24H2,1-6H3;7-10H,11-18H2,1-6H3;7-16H2,1-6H3;7-14H2,1-6H3;7-12H2,1-6H3. The van der Waals surface area contributed by atoms with Crippen LogP contribution in [0.4, 0.5) is 0 Å². The quantitative estimate of drug-likeness (QED) is 0.0567. The SMILES string of the molecule is CC(C)(C)CCN1CCN(Cc2ccc(CC(C)(C)C)cc2)CC1.CC(C)(C)CCOCCOCCC(=O)C(C)(C)C.CC(C)(C)CCOCCOCCOCCC(=O)C(C)(C)C.CC(C)(C)CCOCCOCCOCCOCCC(=O)C(C)(C)C.CC(C)(C)Cc1ccc(CN2CCN(CCOCCOCCOCCC(=O)C(C)(C)C)CC2)cc1. The first-order valence-corrected chi connectivity index (χ1v) is 46.6. The summed E-state index contributed by atoms with van der Waals surface area (Å²) in [5.41, 5.74) is 6.74. The third-order valence-electron chi connectivity index (χ3n) is 20.2. The molecule has 2 fully saturated rings. The van der Waals surface area contributed by atoms with Gasteiger partial charge in [-0.05, 0) is 99.8 Å². The molecule has 4 rings (SSSR count). The highest BCUT2D eigenvalue weighted by atomic mass is 16.6. The van der Waals surface area contributed by atoms with Crippen molar-refractivity contribution in [2.45, 2.75) is 285 Å². The van der Waals surface area contributed by atoms with Crippen LogP contribution in [0.2, 0.25) is 0 Å². The molecule has 2 heterocycles. The summed E-state index contributed by atoms with van der Waals surface area (Å²) in [4.78, 5) is 57.0. The first-order chi connectivity index (χ1) is 56.5. The summed E-state index contributed by atoms with van der Waals surface area (Å²) >= 11 is 0. The zero-order valence-corrected chi connectivity index (χ0v) is 84.5. The van der Waals surface area contributed by atoms with E-state index >= 15 is 0 Å². The van der Waals surface area contributed by atoms with Crippen LogP contribution in [-0.2, 0) is 102 Å². The van der Waals surface area contributed by atoms with Gasteiger partial charge in [0, 0.05) is 139 Å². The maximum absolute atomic E-state index is 11.8. The molecule has 0 N–H and O–H groups in total. The highest BCUT2D eigenvalue weighted by Gasteiger charge is 2.26. The molecule has 0 amide bonds. The molecule has 20 heteroatoms. The Bertz CT molecular complexity index is 2910. The van der Waals surface area contributed by atoms with E-state index in [1.807, 2.05) is 83.1 Å². The summed E-state index contributed by atoms with van der Waals surface area (Å²) < 4.78 is 65.6. The highest BCUT2D eigenvalue weighted by molar-refractivity contribution is 5.85. The molecule has 2 aromatic rings. The van der Waals surface area contributed by atoms with Gasteiger partial charge >= 0.3 is 0 Å². The molecule has 2 aliphatic heterocycles. The van der Waals surface area contributed by atoms with E-state index in [1.165, 1.54) is 61.4 Å². The first-order valence-electron chi connectivity index (χ1n) is 46.6. The fourth-order valence-corrected chi connectivity index (χ4v) is 11.8. The van der Waals surface area contributed by atoms with Gasteiger partial charge in [0.15, 0.2) is 0 Å². The molecule has 714 valence electrons. The predicted molar refractivity (Wildman–Crippen MR) is 505 cm³/mol. The van der Waals surface area contributed by atoms with E-state index in [-0.39, 0.29) is 44.8 Å². The molecule has 0 saturated carbocycles. The Labute approximate surface area is 748 Å². The van der Waals surface area contributed by atoms with Crippen LogP contribution in [0, 0.1) is 54.1 Å². The lowest BCUT2D eigenvalue weighted by Crippen LogP contribution is -2.46. The minimum atomic E-state index is -0.288. The van der Waals surface area contributed by atoms with Crippen LogP contribution in [0.15, 0.2) is 48.5 Å². The molecule has 2 aliphatic rings. The molecule has 2 saturated heterocycles. The molecule has 0 aromatic heterocycles. The number of benzene rings is 2. The van der Waals surface area contributed by atoms with Crippen LogP contribution in [-0.4, -0.2) is 267 Å². The maximum Gasteiger partial charge on any atom is 0.140 e. The molecular formula is C102H190N4O16. The van der Waals surface area contributed by atoms with Gasteiger partial charge in [0.2, 0.25) is 0 Å². The number of hydrogen-bond acceptors (Lipinski definition) is 20. The fraction of sp³-hybridized carbons (Fsp3) is 0.843. The molecule has 20 nitrogen and oxygen atoms in total. The Morgan fingerprint density at radius 3 is 0.598 bits per heavy atom. The Hall–Kier alpha value is -3.52.